The van der Waals surface area contributed by atoms with Gasteiger partial charge in [-0.3, -0.25) is 23.1 Å². The third-order valence-electron chi connectivity index (χ3n) is 5.64. The molecule has 0 aliphatic rings. The van der Waals surface area contributed by atoms with Crippen LogP contribution in [0.5, 0.6) is 5.75 Å². The van der Waals surface area contributed by atoms with Gasteiger partial charge in [0.2, 0.25) is 11.7 Å². The molecule has 5 rings (SSSR count). The lowest BCUT2D eigenvalue weighted by atomic mass is 10.1. The zero-order valence-corrected chi connectivity index (χ0v) is 18.6. The van der Waals surface area contributed by atoms with E-state index in [4.69, 9.17) is 10.5 Å². The minimum Gasteiger partial charge on any atom is -0.494 e. The number of fused-ring (bicyclic) bond motifs is 3. The van der Waals surface area contributed by atoms with Gasteiger partial charge in [0.1, 0.15) is 12.3 Å². The summed E-state index contributed by atoms with van der Waals surface area (Å²) < 4.78 is 11.2. The molecule has 5 aromatic rings. The van der Waals surface area contributed by atoms with E-state index in [-0.39, 0.29) is 11.2 Å². The Labute approximate surface area is 193 Å². The number of carbonyl (C=O) groups excluding carboxylic acids is 1. The number of aryl methyl sites for hydroxylation is 1. The number of primary amides is 1. The number of benzene rings is 2. The van der Waals surface area contributed by atoms with Crippen molar-refractivity contribution in [3.63, 3.8) is 0 Å². The van der Waals surface area contributed by atoms with Crippen LogP contribution in [-0.4, -0.2) is 35.6 Å². The summed E-state index contributed by atoms with van der Waals surface area (Å²) in [5, 5.41) is 0. The molecule has 0 aliphatic carbocycles. The molecule has 0 spiro atoms. The number of nitrogens with zero attached hydrogens (tertiary/aromatic N) is 5. The Morgan fingerprint density at radius 1 is 1.06 bits per heavy atom. The number of aromatic nitrogens is 5. The summed E-state index contributed by atoms with van der Waals surface area (Å²) in [4.78, 5) is 42.2. The molecule has 0 saturated carbocycles. The summed E-state index contributed by atoms with van der Waals surface area (Å²) in [5.74, 6) is 0.402. The van der Waals surface area contributed by atoms with Crippen LogP contribution in [0.15, 0.2) is 70.4 Å². The Bertz CT molecular complexity index is 1660. The van der Waals surface area contributed by atoms with Gasteiger partial charge in [-0.25, -0.2) is 9.36 Å². The smallest absolute Gasteiger partial charge is 0.332 e. The monoisotopic (exact) mass is 458 g/mol. The van der Waals surface area contributed by atoms with Gasteiger partial charge in [0.15, 0.2) is 11.2 Å². The largest absolute Gasteiger partial charge is 0.494 e. The van der Waals surface area contributed by atoms with Crippen molar-refractivity contribution in [1.82, 2.24) is 23.1 Å². The first-order valence-corrected chi connectivity index (χ1v) is 10.7. The first kappa shape index (κ1) is 21.3. The van der Waals surface area contributed by atoms with Crippen LogP contribution in [0.1, 0.15) is 6.92 Å². The van der Waals surface area contributed by atoms with Crippen molar-refractivity contribution in [2.75, 3.05) is 6.61 Å². The van der Waals surface area contributed by atoms with Crippen molar-refractivity contribution < 1.29 is 9.53 Å². The molecule has 10 heteroatoms. The first-order valence-electron chi connectivity index (χ1n) is 10.7. The van der Waals surface area contributed by atoms with Crippen molar-refractivity contribution in [1.29, 1.82) is 0 Å². The molecule has 0 saturated heterocycles. The van der Waals surface area contributed by atoms with Crippen LogP contribution in [0.4, 0.5) is 0 Å². The van der Waals surface area contributed by atoms with Gasteiger partial charge in [-0.1, -0.05) is 30.3 Å². The van der Waals surface area contributed by atoms with E-state index in [2.05, 4.69) is 4.98 Å². The summed E-state index contributed by atoms with van der Waals surface area (Å²) in [7, 11) is 1.51. The Kier molecular flexibility index (Phi) is 5.05. The number of imidazole rings is 2. The summed E-state index contributed by atoms with van der Waals surface area (Å²) in [5.41, 5.74) is 6.89. The lowest BCUT2D eigenvalue weighted by Gasteiger charge is -2.10. The third kappa shape index (κ3) is 3.27. The number of hydrogen-bond donors (Lipinski definition) is 1. The summed E-state index contributed by atoms with van der Waals surface area (Å²) in [6.45, 7) is 1.96. The maximum Gasteiger partial charge on any atom is 0.332 e. The second-order valence-corrected chi connectivity index (χ2v) is 7.80. The molecule has 0 aliphatic heterocycles. The Morgan fingerprint density at radius 2 is 1.76 bits per heavy atom. The highest BCUT2D eigenvalue weighted by atomic mass is 16.5. The molecule has 34 heavy (non-hydrogen) atoms. The second-order valence-electron chi connectivity index (χ2n) is 7.80. The molecule has 0 atom stereocenters. The van der Waals surface area contributed by atoms with Gasteiger partial charge in [0.05, 0.1) is 12.3 Å². The van der Waals surface area contributed by atoms with Crippen LogP contribution in [0, 0.1) is 0 Å². The molecular weight excluding hydrogens is 436 g/mol. The van der Waals surface area contributed by atoms with Crippen molar-refractivity contribution in [2.45, 2.75) is 13.5 Å². The van der Waals surface area contributed by atoms with Gasteiger partial charge in [-0.05, 0) is 31.2 Å². The third-order valence-corrected chi connectivity index (χ3v) is 5.64. The highest BCUT2D eigenvalue weighted by molar-refractivity contribution is 5.80. The van der Waals surface area contributed by atoms with Crippen molar-refractivity contribution in [3.8, 4) is 22.7 Å². The lowest BCUT2D eigenvalue weighted by molar-refractivity contribution is -0.118. The Morgan fingerprint density at radius 3 is 2.41 bits per heavy atom. The van der Waals surface area contributed by atoms with E-state index in [1.54, 1.807) is 10.6 Å². The Balaban J connectivity index is 1.87. The van der Waals surface area contributed by atoms with Gasteiger partial charge in [-0.2, -0.15) is 4.98 Å². The average molecular weight is 458 g/mol. The molecule has 2 N–H and O–H groups in total. The minimum absolute atomic E-state index is 0.181. The van der Waals surface area contributed by atoms with Crippen LogP contribution in [0.25, 0.3) is 33.9 Å². The van der Waals surface area contributed by atoms with E-state index >= 15 is 0 Å². The zero-order chi connectivity index (χ0) is 24.0. The van der Waals surface area contributed by atoms with Gasteiger partial charge in [-0.15, -0.1) is 0 Å². The molecule has 3 aromatic heterocycles. The summed E-state index contributed by atoms with van der Waals surface area (Å²) >= 11 is 0. The van der Waals surface area contributed by atoms with Crippen molar-refractivity contribution in [3.05, 3.63) is 81.6 Å². The van der Waals surface area contributed by atoms with Crippen LogP contribution in [0.2, 0.25) is 0 Å². The molecule has 1 amide bonds. The van der Waals surface area contributed by atoms with E-state index in [0.717, 1.165) is 27.3 Å². The molecule has 2 aromatic carbocycles. The summed E-state index contributed by atoms with van der Waals surface area (Å²) in [6, 6.07) is 17.2. The quantitative estimate of drug-likeness (QED) is 0.415. The number of ether oxygens (including phenoxy) is 1. The summed E-state index contributed by atoms with van der Waals surface area (Å²) in [6.07, 6.45) is 1.80. The number of rotatable bonds is 6. The topological polar surface area (TPSA) is 119 Å². The predicted molar refractivity (Wildman–Crippen MR) is 127 cm³/mol. The fourth-order valence-electron chi connectivity index (χ4n) is 4.12. The van der Waals surface area contributed by atoms with Gasteiger partial charge >= 0.3 is 5.69 Å². The van der Waals surface area contributed by atoms with Gasteiger partial charge in [0, 0.05) is 24.5 Å². The second kappa shape index (κ2) is 8.07. The van der Waals surface area contributed by atoms with E-state index in [1.807, 2.05) is 66.1 Å². The van der Waals surface area contributed by atoms with Crippen LogP contribution < -0.4 is 21.7 Å². The SMILES string of the molecule is CCOc1ccc(-n2c(-c3ccccc3)cn3c4c(=O)n(CC(N)=O)c(=O)n(C)c4nc23)cc1. The molecule has 0 radical (unpaired) electrons. The van der Waals surface area contributed by atoms with Crippen LogP contribution >= 0.6 is 0 Å². The Hall–Kier alpha value is -4.60. The number of nitrogens with two attached hydrogens (primary N) is 1. The molecule has 172 valence electrons. The maximum absolute atomic E-state index is 13.3. The molecule has 0 unspecified atom stereocenters. The molecule has 3 heterocycles. The highest BCUT2D eigenvalue weighted by Crippen LogP contribution is 2.29. The number of amides is 1. The van der Waals surface area contributed by atoms with Crippen molar-refractivity contribution >= 4 is 22.8 Å². The maximum atomic E-state index is 13.3. The van der Waals surface area contributed by atoms with E-state index in [1.165, 1.54) is 11.6 Å². The molecule has 10 nitrogen and oxygen atoms in total. The fourth-order valence-corrected chi connectivity index (χ4v) is 4.12. The van der Waals surface area contributed by atoms with E-state index < -0.39 is 23.7 Å². The van der Waals surface area contributed by atoms with Crippen LogP contribution in [0.3, 0.4) is 0 Å². The fraction of sp³-hybridized carbons (Fsp3) is 0.167. The molecule has 0 fully saturated rings. The molecular formula is C24H22N6O4. The van der Waals surface area contributed by atoms with Crippen molar-refractivity contribution in [2.24, 2.45) is 12.8 Å². The van der Waals surface area contributed by atoms with E-state index in [9.17, 15) is 14.4 Å². The lowest BCUT2D eigenvalue weighted by Crippen LogP contribution is -2.42. The number of carbonyl (C=O) groups is 1. The number of hydrogen-bond acceptors (Lipinski definition) is 5. The normalized spacial score (nSPS) is 11.4. The minimum atomic E-state index is -0.781. The highest BCUT2D eigenvalue weighted by Gasteiger charge is 2.23. The standard InChI is InChI=1S/C24H22N6O4/c1-3-34-17-11-9-16(10-12-17)30-18(15-7-5-4-6-8-15)13-28-20-21(26-23(28)30)27(2)24(33)29(22(20)32)14-19(25)31/h4-13H,3,14H2,1-2H3,(H2,25,31). The average Bonchev–Trinajstić information content (AvgIpc) is 3.38. The predicted octanol–water partition coefficient (Wildman–Crippen LogP) is 1.69. The molecule has 0 bridgehead atoms. The van der Waals surface area contributed by atoms with Gasteiger partial charge < -0.3 is 10.5 Å². The first-order chi connectivity index (χ1) is 16.4. The zero-order valence-electron chi connectivity index (χ0n) is 18.6. The van der Waals surface area contributed by atoms with Gasteiger partial charge in [0.25, 0.3) is 5.56 Å². The van der Waals surface area contributed by atoms with Crippen LogP contribution in [-0.2, 0) is 18.4 Å². The van der Waals surface area contributed by atoms with E-state index in [0.29, 0.717) is 12.4 Å².